The van der Waals surface area contributed by atoms with Gasteiger partial charge in [-0.05, 0) is 48.4 Å². The van der Waals surface area contributed by atoms with Gasteiger partial charge < -0.3 is 19.4 Å². The van der Waals surface area contributed by atoms with Crippen molar-refractivity contribution in [1.29, 1.82) is 0 Å². The van der Waals surface area contributed by atoms with Crippen molar-refractivity contribution in [3.8, 4) is 0 Å². The van der Waals surface area contributed by atoms with Gasteiger partial charge in [0, 0.05) is 18.8 Å². The number of aliphatic hydroxyl groups excluding tert-OH is 2. The molecule has 0 radical (unpaired) electrons. The SMILES string of the molecule is C[C@H]1C=CC2=C[C@H](O[Si](C)(C)C(C)(C)C)C[C@H](O)[C@@H]2[C@H]1CC[C@@H]1C[C@@H](O)CC(=O)O1. The summed E-state index contributed by atoms with van der Waals surface area (Å²) in [6.45, 7) is 13.4. The van der Waals surface area contributed by atoms with Crippen LogP contribution in [-0.2, 0) is 14.0 Å². The van der Waals surface area contributed by atoms with Gasteiger partial charge in [-0.2, -0.15) is 0 Å². The van der Waals surface area contributed by atoms with Gasteiger partial charge in [0.15, 0.2) is 8.32 Å². The molecule has 170 valence electrons. The molecule has 0 spiro atoms. The molecule has 2 aliphatic carbocycles. The summed E-state index contributed by atoms with van der Waals surface area (Å²) in [4.78, 5) is 11.6. The van der Waals surface area contributed by atoms with Gasteiger partial charge in [-0.25, -0.2) is 0 Å². The normalized spacial score (nSPS) is 37.4. The van der Waals surface area contributed by atoms with E-state index in [0.717, 1.165) is 12.8 Å². The molecule has 0 aromatic heterocycles. The number of esters is 1. The van der Waals surface area contributed by atoms with E-state index in [1.165, 1.54) is 5.57 Å². The van der Waals surface area contributed by atoms with Gasteiger partial charge in [-0.3, -0.25) is 4.79 Å². The summed E-state index contributed by atoms with van der Waals surface area (Å²) in [7, 11) is -1.91. The standard InChI is InChI=1S/C24H40O5Si/c1-15-7-8-16-11-19(29-30(5,6)24(2,3)4)14-21(26)23(16)20(15)10-9-18-12-17(25)13-22(27)28-18/h7-8,11,15,17-21,23,25-26H,9-10,12-14H2,1-6H3/t15-,17+,18+,19-,20-,21-,23-/m0/s1. The van der Waals surface area contributed by atoms with Gasteiger partial charge in [0.25, 0.3) is 0 Å². The molecule has 0 aromatic rings. The van der Waals surface area contributed by atoms with Crippen molar-refractivity contribution in [1.82, 2.24) is 0 Å². The lowest BCUT2D eigenvalue weighted by atomic mass is 9.66. The summed E-state index contributed by atoms with van der Waals surface area (Å²) in [5, 5.41) is 21.1. The lowest BCUT2D eigenvalue weighted by molar-refractivity contribution is -0.160. The maximum Gasteiger partial charge on any atom is 0.308 e. The lowest BCUT2D eigenvalue weighted by Crippen LogP contribution is -2.47. The van der Waals surface area contributed by atoms with E-state index in [9.17, 15) is 15.0 Å². The summed E-state index contributed by atoms with van der Waals surface area (Å²) < 4.78 is 12.0. The molecular formula is C24H40O5Si. The molecule has 1 saturated heterocycles. The second kappa shape index (κ2) is 8.89. The average molecular weight is 437 g/mol. The molecule has 0 saturated carbocycles. The van der Waals surface area contributed by atoms with Crippen molar-refractivity contribution >= 4 is 14.3 Å². The first-order valence-corrected chi connectivity index (χ1v) is 14.4. The minimum absolute atomic E-state index is 0.0414. The van der Waals surface area contributed by atoms with E-state index in [-0.39, 0.29) is 35.6 Å². The van der Waals surface area contributed by atoms with Gasteiger partial charge in [0.05, 0.1) is 24.7 Å². The Morgan fingerprint density at radius 1 is 1.20 bits per heavy atom. The third kappa shape index (κ3) is 5.26. The Morgan fingerprint density at radius 2 is 1.90 bits per heavy atom. The number of aliphatic hydroxyl groups is 2. The fourth-order valence-electron chi connectivity index (χ4n) is 4.93. The maximum atomic E-state index is 11.6. The van der Waals surface area contributed by atoms with Crippen LogP contribution in [0.15, 0.2) is 23.8 Å². The molecule has 30 heavy (non-hydrogen) atoms. The highest BCUT2D eigenvalue weighted by molar-refractivity contribution is 6.74. The maximum absolute atomic E-state index is 11.6. The van der Waals surface area contributed by atoms with Crippen LogP contribution in [0.4, 0.5) is 0 Å². The Labute approximate surface area is 182 Å². The summed E-state index contributed by atoms with van der Waals surface area (Å²) in [6, 6.07) is 0. The molecule has 1 heterocycles. The number of fused-ring (bicyclic) bond motifs is 1. The predicted octanol–water partition coefficient (Wildman–Crippen LogP) is 4.35. The van der Waals surface area contributed by atoms with E-state index < -0.39 is 20.5 Å². The largest absolute Gasteiger partial charge is 0.462 e. The molecule has 3 aliphatic rings. The van der Waals surface area contributed by atoms with Crippen molar-refractivity contribution in [3.05, 3.63) is 23.8 Å². The van der Waals surface area contributed by atoms with Crippen LogP contribution < -0.4 is 0 Å². The Hall–Kier alpha value is -0.953. The number of rotatable bonds is 5. The number of hydrogen-bond donors (Lipinski definition) is 2. The van der Waals surface area contributed by atoms with E-state index in [2.05, 4.69) is 59.0 Å². The minimum atomic E-state index is -1.91. The van der Waals surface area contributed by atoms with Gasteiger partial charge in [0.1, 0.15) is 6.10 Å². The molecule has 1 fully saturated rings. The molecule has 1 aliphatic heterocycles. The molecule has 0 unspecified atom stereocenters. The number of ether oxygens (including phenoxy) is 1. The highest BCUT2D eigenvalue weighted by Crippen LogP contribution is 2.45. The van der Waals surface area contributed by atoms with Crippen molar-refractivity contribution in [3.63, 3.8) is 0 Å². The van der Waals surface area contributed by atoms with Crippen LogP contribution >= 0.6 is 0 Å². The number of allylic oxidation sites excluding steroid dienone is 2. The predicted molar refractivity (Wildman–Crippen MR) is 120 cm³/mol. The van der Waals surface area contributed by atoms with Crippen LogP contribution in [0.3, 0.4) is 0 Å². The van der Waals surface area contributed by atoms with Crippen LogP contribution in [0.1, 0.15) is 59.8 Å². The second-order valence-corrected chi connectivity index (χ2v) is 15.8. The quantitative estimate of drug-likeness (QED) is 0.495. The van der Waals surface area contributed by atoms with E-state index in [4.69, 9.17) is 9.16 Å². The van der Waals surface area contributed by atoms with E-state index >= 15 is 0 Å². The molecular weight excluding hydrogens is 396 g/mol. The molecule has 7 atom stereocenters. The van der Waals surface area contributed by atoms with E-state index in [0.29, 0.717) is 24.7 Å². The minimum Gasteiger partial charge on any atom is -0.462 e. The third-order valence-corrected chi connectivity index (χ3v) is 12.2. The molecule has 6 heteroatoms. The van der Waals surface area contributed by atoms with Crippen molar-refractivity contribution in [2.75, 3.05) is 0 Å². The number of hydrogen-bond acceptors (Lipinski definition) is 5. The Bertz CT molecular complexity index is 692. The molecule has 0 bridgehead atoms. The summed E-state index contributed by atoms with van der Waals surface area (Å²) >= 11 is 0. The summed E-state index contributed by atoms with van der Waals surface area (Å²) in [6.07, 6.45) is 8.19. The smallest absolute Gasteiger partial charge is 0.308 e. The van der Waals surface area contributed by atoms with Crippen LogP contribution in [0.5, 0.6) is 0 Å². The molecule has 5 nitrogen and oxygen atoms in total. The van der Waals surface area contributed by atoms with Gasteiger partial charge in [-0.15, -0.1) is 0 Å². The third-order valence-electron chi connectivity index (χ3n) is 7.69. The van der Waals surface area contributed by atoms with Gasteiger partial charge >= 0.3 is 5.97 Å². The topological polar surface area (TPSA) is 76.0 Å². The second-order valence-electron chi connectivity index (χ2n) is 11.1. The Kier molecular flexibility index (Phi) is 7.02. The number of carbonyl (C=O) groups excluding carboxylic acids is 1. The monoisotopic (exact) mass is 436 g/mol. The highest BCUT2D eigenvalue weighted by atomic mass is 28.4. The van der Waals surface area contributed by atoms with Crippen LogP contribution in [0, 0.1) is 17.8 Å². The van der Waals surface area contributed by atoms with E-state index in [1.807, 2.05) is 0 Å². The fourth-order valence-corrected chi connectivity index (χ4v) is 6.20. The molecule has 0 amide bonds. The first-order chi connectivity index (χ1) is 13.9. The lowest BCUT2D eigenvalue weighted by Gasteiger charge is -2.45. The Balaban J connectivity index is 1.70. The first kappa shape index (κ1) is 23.7. The molecule has 0 aromatic carbocycles. The van der Waals surface area contributed by atoms with Gasteiger partial charge in [-0.1, -0.05) is 45.9 Å². The average Bonchev–Trinajstić information content (AvgIpc) is 2.59. The van der Waals surface area contributed by atoms with Crippen molar-refractivity contribution < 1.29 is 24.2 Å². The van der Waals surface area contributed by atoms with E-state index in [1.54, 1.807) is 0 Å². The fraction of sp³-hybridized carbons (Fsp3) is 0.792. The van der Waals surface area contributed by atoms with Crippen molar-refractivity contribution in [2.24, 2.45) is 17.8 Å². The number of cyclic esters (lactones) is 1. The Morgan fingerprint density at radius 3 is 2.53 bits per heavy atom. The highest BCUT2D eigenvalue weighted by Gasteiger charge is 2.44. The van der Waals surface area contributed by atoms with Crippen molar-refractivity contribution in [2.45, 2.75) is 102 Å². The summed E-state index contributed by atoms with van der Waals surface area (Å²) in [5.74, 6) is 0.430. The van der Waals surface area contributed by atoms with Crippen LogP contribution in [0.2, 0.25) is 18.1 Å². The first-order valence-electron chi connectivity index (χ1n) is 11.5. The van der Waals surface area contributed by atoms with Crippen LogP contribution in [0.25, 0.3) is 0 Å². The zero-order chi connectivity index (χ0) is 22.3. The molecule has 2 N–H and O–H groups in total. The zero-order valence-electron chi connectivity index (χ0n) is 19.4. The zero-order valence-corrected chi connectivity index (χ0v) is 20.4. The van der Waals surface area contributed by atoms with Crippen LogP contribution in [-0.4, -0.2) is 48.9 Å². The molecule has 3 rings (SSSR count). The summed E-state index contributed by atoms with van der Waals surface area (Å²) in [5.41, 5.74) is 1.18. The van der Waals surface area contributed by atoms with Gasteiger partial charge in [0.2, 0.25) is 0 Å². The number of carbonyl (C=O) groups is 1.